The smallest absolute Gasteiger partial charge is 0.296 e. The first-order valence-corrected chi connectivity index (χ1v) is 6.73. The first-order chi connectivity index (χ1) is 10.1. The number of carbonyl (C=O) groups is 1. The van der Waals surface area contributed by atoms with Crippen molar-refractivity contribution in [2.75, 3.05) is 5.32 Å². The molecule has 8 nitrogen and oxygen atoms in total. The van der Waals surface area contributed by atoms with E-state index in [9.17, 15) is 14.9 Å². The molecule has 0 atom stereocenters. The second-order valence-corrected chi connectivity index (χ2v) is 5.31. The van der Waals surface area contributed by atoms with Crippen LogP contribution < -0.4 is 5.32 Å². The maximum Gasteiger partial charge on any atom is 0.319 e. The van der Waals surface area contributed by atoms with Crippen molar-refractivity contribution in [1.29, 1.82) is 0 Å². The minimum absolute atomic E-state index is 0.198. The molecular weight excluding hydrogens is 294 g/mol. The Balaban J connectivity index is 1.91. The summed E-state index contributed by atoms with van der Waals surface area (Å²) in [5.41, 5.74) is 1.23. The lowest BCUT2D eigenvalue weighted by atomic mass is 10.2. The summed E-state index contributed by atoms with van der Waals surface area (Å²) in [6.45, 7) is 1.92. The van der Waals surface area contributed by atoms with Crippen molar-refractivity contribution in [3.05, 3.63) is 45.8 Å². The molecule has 0 radical (unpaired) electrons. The van der Waals surface area contributed by atoms with Crippen LogP contribution >= 0.6 is 11.3 Å². The molecule has 2 heterocycles. The van der Waals surface area contributed by atoms with Crippen molar-refractivity contribution in [1.82, 2.24) is 15.2 Å². The van der Waals surface area contributed by atoms with Gasteiger partial charge in [-0.15, -0.1) is 0 Å². The first-order valence-electron chi connectivity index (χ1n) is 5.91. The van der Waals surface area contributed by atoms with Crippen LogP contribution in [-0.4, -0.2) is 26.0 Å². The summed E-state index contributed by atoms with van der Waals surface area (Å²) in [7, 11) is 0. The van der Waals surface area contributed by atoms with Crippen molar-refractivity contribution in [3.63, 3.8) is 0 Å². The number of aromatic amines is 1. The summed E-state index contributed by atoms with van der Waals surface area (Å²) in [4.78, 5) is 26.5. The molecule has 0 aliphatic heterocycles. The third-order valence-corrected chi connectivity index (χ3v) is 3.82. The van der Waals surface area contributed by atoms with E-state index in [2.05, 4.69) is 20.5 Å². The largest absolute Gasteiger partial charge is 0.319 e. The summed E-state index contributed by atoms with van der Waals surface area (Å²) in [5, 5.41) is 19.6. The van der Waals surface area contributed by atoms with Crippen LogP contribution in [-0.2, 0) is 0 Å². The summed E-state index contributed by atoms with van der Waals surface area (Å²) in [6, 6.07) is 5.73. The van der Waals surface area contributed by atoms with Crippen LogP contribution in [0.15, 0.2) is 24.4 Å². The van der Waals surface area contributed by atoms with Gasteiger partial charge in [-0.2, -0.15) is 5.10 Å². The molecule has 0 bridgehead atoms. The number of anilines is 1. The van der Waals surface area contributed by atoms with E-state index in [0.29, 0.717) is 5.13 Å². The maximum atomic E-state index is 12.0. The van der Waals surface area contributed by atoms with Gasteiger partial charge in [-0.05, 0) is 18.6 Å². The van der Waals surface area contributed by atoms with Crippen LogP contribution in [0.5, 0.6) is 0 Å². The fraction of sp³-hybridized carbons (Fsp3) is 0.0833. The summed E-state index contributed by atoms with van der Waals surface area (Å²) < 4.78 is 0.935. The molecule has 0 fully saturated rings. The van der Waals surface area contributed by atoms with Crippen molar-refractivity contribution >= 4 is 38.3 Å². The zero-order valence-corrected chi connectivity index (χ0v) is 11.6. The molecule has 2 aromatic heterocycles. The van der Waals surface area contributed by atoms with Crippen LogP contribution in [0.3, 0.4) is 0 Å². The number of para-hydroxylation sites is 1. The normalized spacial score (nSPS) is 10.7. The quantitative estimate of drug-likeness (QED) is 0.570. The topological polar surface area (TPSA) is 114 Å². The summed E-state index contributed by atoms with van der Waals surface area (Å²) in [5.74, 6) is -0.643. The van der Waals surface area contributed by atoms with Crippen molar-refractivity contribution in [3.8, 4) is 0 Å². The van der Waals surface area contributed by atoms with Gasteiger partial charge >= 0.3 is 5.69 Å². The van der Waals surface area contributed by atoms with E-state index in [1.54, 1.807) is 0 Å². The number of aromatic nitrogens is 3. The van der Waals surface area contributed by atoms with E-state index in [1.165, 1.54) is 11.3 Å². The van der Waals surface area contributed by atoms with Crippen LogP contribution in [0, 0.1) is 17.0 Å². The molecule has 0 aliphatic carbocycles. The number of nitrogens with one attached hydrogen (secondary N) is 2. The van der Waals surface area contributed by atoms with E-state index >= 15 is 0 Å². The van der Waals surface area contributed by atoms with E-state index < -0.39 is 10.8 Å². The van der Waals surface area contributed by atoms with Crippen LogP contribution in [0.2, 0.25) is 0 Å². The minimum Gasteiger partial charge on any atom is -0.296 e. The molecule has 0 saturated carbocycles. The Morgan fingerprint density at radius 2 is 2.29 bits per heavy atom. The molecular formula is C12H9N5O3S. The number of fused-ring (bicyclic) bond motifs is 1. The number of H-pyrrole nitrogens is 1. The molecule has 9 heteroatoms. The second-order valence-electron chi connectivity index (χ2n) is 4.28. The predicted octanol–water partition coefficient (Wildman–Crippen LogP) is 2.49. The number of hydrogen-bond donors (Lipinski definition) is 2. The highest BCUT2D eigenvalue weighted by molar-refractivity contribution is 7.22. The van der Waals surface area contributed by atoms with Gasteiger partial charge in [0.15, 0.2) is 5.13 Å². The Hall–Kier alpha value is -2.81. The molecule has 2 N–H and O–H groups in total. The van der Waals surface area contributed by atoms with Gasteiger partial charge in [-0.3, -0.25) is 25.3 Å². The summed E-state index contributed by atoms with van der Waals surface area (Å²) in [6.07, 6.45) is 0.997. The molecule has 1 aromatic carbocycles. The van der Waals surface area contributed by atoms with Gasteiger partial charge < -0.3 is 0 Å². The lowest BCUT2D eigenvalue weighted by Gasteiger charge is -1.97. The van der Waals surface area contributed by atoms with Crippen LogP contribution in [0.4, 0.5) is 10.8 Å². The molecule has 0 aliphatic rings. The van der Waals surface area contributed by atoms with Gasteiger partial charge in [0.05, 0.1) is 15.1 Å². The number of rotatable bonds is 3. The molecule has 3 rings (SSSR count). The molecule has 3 aromatic rings. The van der Waals surface area contributed by atoms with E-state index in [0.717, 1.165) is 22.0 Å². The number of amides is 1. The average molecular weight is 303 g/mol. The second kappa shape index (κ2) is 4.94. The van der Waals surface area contributed by atoms with E-state index in [-0.39, 0.29) is 11.4 Å². The van der Waals surface area contributed by atoms with Gasteiger partial charge in [-0.25, -0.2) is 4.98 Å². The van der Waals surface area contributed by atoms with Crippen LogP contribution in [0.25, 0.3) is 10.2 Å². The van der Waals surface area contributed by atoms with E-state index in [4.69, 9.17) is 0 Å². The van der Waals surface area contributed by atoms with Crippen molar-refractivity contribution in [2.24, 2.45) is 0 Å². The molecule has 0 spiro atoms. The number of aryl methyl sites for hydroxylation is 1. The fourth-order valence-electron chi connectivity index (χ4n) is 1.88. The monoisotopic (exact) mass is 303 g/mol. The molecule has 1 amide bonds. The number of carbonyl (C=O) groups excluding carboxylic acids is 1. The highest BCUT2D eigenvalue weighted by Crippen LogP contribution is 2.28. The average Bonchev–Trinajstić information content (AvgIpc) is 3.04. The standard InChI is InChI=1S/C12H9N5O3S/c1-6-3-2-4-8-9(6)14-12(21-8)15-11(18)10-7(17(19)20)5-13-16-10/h2-5H,1H3,(H,13,16)(H,14,15,18). The predicted molar refractivity (Wildman–Crippen MR) is 77.6 cm³/mol. The number of thiazole rings is 1. The molecule has 106 valence electrons. The first kappa shape index (κ1) is 13.2. The molecule has 0 unspecified atom stereocenters. The zero-order valence-electron chi connectivity index (χ0n) is 10.8. The SMILES string of the molecule is Cc1cccc2sc(NC(=O)c3[nH]ncc3[N+](=O)[O-])nc12. The number of nitrogens with zero attached hydrogens (tertiary/aromatic N) is 3. The lowest BCUT2D eigenvalue weighted by molar-refractivity contribution is -0.385. The molecule has 0 saturated heterocycles. The van der Waals surface area contributed by atoms with Crippen LogP contribution in [0.1, 0.15) is 16.1 Å². The van der Waals surface area contributed by atoms with Gasteiger partial charge in [0.1, 0.15) is 6.20 Å². The number of benzene rings is 1. The Bertz CT molecular complexity index is 854. The molecule has 21 heavy (non-hydrogen) atoms. The minimum atomic E-state index is -0.666. The third kappa shape index (κ3) is 2.34. The van der Waals surface area contributed by atoms with Gasteiger partial charge in [0.2, 0.25) is 5.69 Å². The number of hydrogen-bond acceptors (Lipinski definition) is 6. The van der Waals surface area contributed by atoms with Gasteiger partial charge in [0, 0.05) is 0 Å². The highest BCUT2D eigenvalue weighted by Gasteiger charge is 2.23. The Labute approximate surface area is 122 Å². The van der Waals surface area contributed by atoms with E-state index in [1.807, 2.05) is 25.1 Å². The van der Waals surface area contributed by atoms with Gasteiger partial charge in [0.25, 0.3) is 5.91 Å². The van der Waals surface area contributed by atoms with Gasteiger partial charge in [-0.1, -0.05) is 23.5 Å². The lowest BCUT2D eigenvalue weighted by Crippen LogP contribution is -2.13. The Kier molecular flexibility index (Phi) is 3.10. The highest BCUT2D eigenvalue weighted by atomic mass is 32.1. The Morgan fingerprint density at radius 3 is 3.00 bits per heavy atom. The summed E-state index contributed by atoms with van der Waals surface area (Å²) >= 11 is 1.30. The maximum absolute atomic E-state index is 12.0. The Morgan fingerprint density at radius 1 is 1.48 bits per heavy atom. The fourth-order valence-corrected chi connectivity index (χ4v) is 2.82. The third-order valence-electron chi connectivity index (χ3n) is 2.88. The number of nitro groups is 1. The van der Waals surface area contributed by atoms with Crippen molar-refractivity contribution < 1.29 is 9.72 Å². The van der Waals surface area contributed by atoms with Crippen molar-refractivity contribution in [2.45, 2.75) is 6.92 Å². The zero-order chi connectivity index (χ0) is 15.0.